The zero-order valence-corrected chi connectivity index (χ0v) is 20.1. The van der Waals surface area contributed by atoms with Crippen molar-refractivity contribution in [1.29, 1.82) is 0 Å². The van der Waals surface area contributed by atoms with Gasteiger partial charge in [0.15, 0.2) is 0 Å². The van der Waals surface area contributed by atoms with E-state index in [9.17, 15) is 4.79 Å². The van der Waals surface area contributed by atoms with Crippen LogP contribution in [0.3, 0.4) is 0 Å². The number of carbonyl (C=O) groups is 1. The van der Waals surface area contributed by atoms with E-state index in [-0.39, 0.29) is 0 Å². The highest BCUT2D eigenvalue weighted by Gasteiger charge is 2.06. The van der Waals surface area contributed by atoms with Gasteiger partial charge in [-0.1, -0.05) is 86.0 Å². The molecule has 0 saturated carbocycles. The summed E-state index contributed by atoms with van der Waals surface area (Å²) in [6.07, 6.45) is 0. The second-order valence-corrected chi connectivity index (χ2v) is 8.62. The first-order valence-electron chi connectivity index (χ1n) is 11.5. The first-order valence-corrected chi connectivity index (χ1v) is 11.5. The second-order valence-electron chi connectivity index (χ2n) is 8.62. The minimum absolute atomic E-state index is 0.375. The molecular weight excluding hydrogens is 432 g/mol. The first kappa shape index (κ1) is 23.8. The van der Waals surface area contributed by atoms with Gasteiger partial charge < -0.3 is 9.47 Å². The van der Waals surface area contributed by atoms with E-state index >= 15 is 0 Å². The average molecular weight is 461 g/mol. The van der Waals surface area contributed by atoms with Gasteiger partial charge in [0.05, 0.1) is 0 Å². The lowest BCUT2D eigenvalue weighted by Gasteiger charge is -2.09. The topological polar surface area (TPSA) is 35.5 Å². The summed E-state index contributed by atoms with van der Waals surface area (Å²) in [5.74, 6) is 0.932. The molecule has 0 unspecified atom stereocenters. The maximum atomic E-state index is 11.7. The highest BCUT2D eigenvalue weighted by Crippen LogP contribution is 2.29. The standard InChI is InChI=1S/C32H28O3/c1-22(2)21-34-30-17-13-28(14-18-30)26-9-5-24(6-10-26)25-7-11-27(12-8-25)29-15-19-31(20-16-29)35-32(33)23(3)4/h5-20H,1,3,21H2,2,4H3. The van der Waals surface area contributed by atoms with Crippen LogP contribution in [0.5, 0.6) is 11.5 Å². The van der Waals surface area contributed by atoms with Crippen molar-refractivity contribution in [3.63, 3.8) is 0 Å². The normalized spacial score (nSPS) is 10.5. The molecule has 0 aliphatic rings. The van der Waals surface area contributed by atoms with Crippen molar-refractivity contribution in [1.82, 2.24) is 0 Å². The van der Waals surface area contributed by atoms with E-state index in [1.54, 1.807) is 19.1 Å². The Labute approximate surface area is 207 Å². The van der Waals surface area contributed by atoms with Crippen LogP contribution in [0.25, 0.3) is 33.4 Å². The van der Waals surface area contributed by atoms with Crippen molar-refractivity contribution in [3.05, 3.63) is 121 Å². The summed E-state index contributed by atoms with van der Waals surface area (Å²) in [4.78, 5) is 11.7. The number of hydrogen-bond donors (Lipinski definition) is 0. The third-order valence-electron chi connectivity index (χ3n) is 5.52. The Balaban J connectivity index is 1.43. The number of benzene rings is 4. The minimum Gasteiger partial charge on any atom is -0.489 e. The number of esters is 1. The molecule has 0 spiro atoms. The van der Waals surface area contributed by atoms with Gasteiger partial charge in [-0.2, -0.15) is 0 Å². The van der Waals surface area contributed by atoms with E-state index in [0.717, 1.165) is 44.7 Å². The average Bonchev–Trinajstić information content (AvgIpc) is 2.88. The molecule has 0 aromatic heterocycles. The third-order valence-corrected chi connectivity index (χ3v) is 5.52. The quantitative estimate of drug-likeness (QED) is 0.115. The Morgan fingerprint density at radius 3 is 1.20 bits per heavy atom. The van der Waals surface area contributed by atoms with Gasteiger partial charge in [0.2, 0.25) is 0 Å². The summed E-state index contributed by atoms with van der Waals surface area (Å²) in [6.45, 7) is 11.6. The fourth-order valence-corrected chi connectivity index (χ4v) is 3.57. The molecular formula is C32H28O3. The highest BCUT2D eigenvalue weighted by molar-refractivity contribution is 5.88. The van der Waals surface area contributed by atoms with Crippen LogP contribution in [0.4, 0.5) is 0 Å². The van der Waals surface area contributed by atoms with E-state index in [4.69, 9.17) is 9.47 Å². The summed E-state index contributed by atoms with van der Waals surface area (Å²) < 4.78 is 10.9. The first-order chi connectivity index (χ1) is 16.9. The van der Waals surface area contributed by atoms with Crippen molar-refractivity contribution in [3.8, 4) is 44.9 Å². The molecule has 3 heteroatoms. The van der Waals surface area contributed by atoms with Crippen LogP contribution in [0.1, 0.15) is 13.8 Å². The summed E-state index contributed by atoms with van der Waals surface area (Å²) in [7, 11) is 0. The largest absolute Gasteiger partial charge is 0.489 e. The molecule has 0 aliphatic heterocycles. The van der Waals surface area contributed by atoms with Crippen LogP contribution in [0.15, 0.2) is 121 Å². The molecule has 0 amide bonds. The van der Waals surface area contributed by atoms with E-state index in [1.807, 2.05) is 31.2 Å². The summed E-state index contributed by atoms with van der Waals surface area (Å²) in [5, 5.41) is 0. The van der Waals surface area contributed by atoms with E-state index in [1.165, 1.54) is 0 Å². The molecule has 4 rings (SSSR count). The van der Waals surface area contributed by atoms with E-state index < -0.39 is 5.97 Å². The number of hydrogen-bond acceptors (Lipinski definition) is 3. The summed E-state index contributed by atoms with van der Waals surface area (Å²) >= 11 is 0. The molecule has 0 aliphatic carbocycles. The van der Waals surface area contributed by atoms with Crippen LogP contribution >= 0.6 is 0 Å². The zero-order chi connectivity index (χ0) is 24.8. The maximum Gasteiger partial charge on any atom is 0.338 e. The predicted molar refractivity (Wildman–Crippen MR) is 144 cm³/mol. The number of ether oxygens (including phenoxy) is 2. The Kier molecular flexibility index (Phi) is 7.27. The SMILES string of the molecule is C=C(C)COc1ccc(-c2ccc(-c3ccc(-c4ccc(OC(=O)C(=C)C)cc4)cc3)cc2)cc1. The van der Waals surface area contributed by atoms with Gasteiger partial charge in [-0.15, -0.1) is 0 Å². The molecule has 0 radical (unpaired) electrons. The monoisotopic (exact) mass is 460 g/mol. The van der Waals surface area contributed by atoms with Crippen molar-refractivity contribution >= 4 is 5.97 Å². The van der Waals surface area contributed by atoms with Crippen molar-refractivity contribution < 1.29 is 14.3 Å². The zero-order valence-electron chi connectivity index (χ0n) is 20.1. The van der Waals surface area contributed by atoms with Gasteiger partial charge in [-0.3, -0.25) is 0 Å². The lowest BCUT2D eigenvalue weighted by Crippen LogP contribution is -2.07. The molecule has 0 N–H and O–H groups in total. The Hall–Kier alpha value is -4.37. The van der Waals surface area contributed by atoms with Gasteiger partial charge in [-0.05, 0) is 77.1 Å². The van der Waals surface area contributed by atoms with Gasteiger partial charge in [0.1, 0.15) is 18.1 Å². The fraction of sp³-hybridized carbons (Fsp3) is 0.0938. The maximum absolute atomic E-state index is 11.7. The van der Waals surface area contributed by atoms with Gasteiger partial charge >= 0.3 is 5.97 Å². The predicted octanol–water partition coefficient (Wildman–Crippen LogP) is 8.12. The fourth-order valence-electron chi connectivity index (χ4n) is 3.57. The van der Waals surface area contributed by atoms with Gasteiger partial charge in [0.25, 0.3) is 0 Å². The van der Waals surface area contributed by atoms with Crippen LogP contribution in [-0.2, 0) is 4.79 Å². The molecule has 4 aromatic rings. The molecule has 0 atom stereocenters. The van der Waals surface area contributed by atoms with Crippen molar-refractivity contribution in [2.45, 2.75) is 13.8 Å². The second kappa shape index (κ2) is 10.7. The smallest absolute Gasteiger partial charge is 0.338 e. The molecule has 0 heterocycles. The molecule has 0 saturated heterocycles. The van der Waals surface area contributed by atoms with Crippen molar-refractivity contribution in [2.75, 3.05) is 6.61 Å². The molecule has 0 bridgehead atoms. The molecule has 4 aromatic carbocycles. The van der Waals surface area contributed by atoms with Crippen LogP contribution in [0, 0.1) is 0 Å². The van der Waals surface area contributed by atoms with Crippen molar-refractivity contribution in [2.24, 2.45) is 0 Å². The Morgan fingerprint density at radius 1 is 0.571 bits per heavy atom. The molecule has 35 heavy (non-hydrogen) atoms. The minimum atomic E-state index is -0.419. The van der Waals surface area contributed by atoms with Gasteiger partial charge in [0, 0.05) is 5.57 Å². The lowest BCUT2D eigenvalue weighted by molar-refractivity contribution is -0.130. The van der Waals surface area contributed by atoms with Crippen LogP contribution in [0.2, 0.25) is 0 Å². The number of carbonyl (C=O) groups excluding carboxylic acids is 1. The van der Waals surface area contributed by atoms with E-state index in [0.29, 0.717) is 17.9 Å². The Morgan fingerprint density at radius 2 is 0.886 bits per heavy atom. The Bertz CT molecular complexity index is 1330. The van der Waals surface area contributed by atoms with Crippen LogP contribution in [-0.4, -0.2) is 12.6 Å². The summed E-state index contributed by atoms with van der Waals surface area (Å²) in [5.41, 5.74) is 8.13. The van der Waals surface area contributed by atoms with Gasteiger partial charge in [-0.25, -0.2) is 4.79 Å². The highest BCUT2D eigenvalue weighted by atomic mass is 16.5. The molecule has 174 valence electrons. The van der Waals surface area contributed by atoms with E-state index in [2.05, 4.69) is 73.8 Å². The molecule has 0 fully saturated rings. The summed E-state index contributed by atoms with van der Waals surface area (Å²) in [6, 6.07) is 32.6. The third kappa shape index (κ3) is 6.15. The lowest BCUT2D eigenvalue weighted by atomic mass is 9.98. The van der Waals surface area contributed by atoms with Crippen LogP contribution < -0.4 is 9.47 Å². The number of rotatable bonds is 8. The molecule has 3 nitrogen and oxygen atoms in total.